The molecule has 0 bridgehead atoms. The highest BCUT2D eigenvalue weighted by Gasteiger charge is 2.24. The van der Waals surface area contributed by atoms with Crippen LogP contribution in [0.5, 0.6) is 0 Å². The van der Waals surface area contributed by atoms with E-state index in [4.69, 9.17) is 0 Å². The molecule has 0 amide bonds. The van der Waals surface area contributed by atoms with E-state index in [0.29, 0.717) is 0 Å². The molecule has 1 saturated carbocycles. The number of halogens is 1. The Morgan fingerprint density at radius 3 is 2.83 bits per heavy atom. The molecule has 1 aromatic heterocycles. The molecule has 2 rings (SSSR count). The van der Waals surface area contributed by atoms with Crippen LogP contribution in [0.2, 0.25) is 0 Å². The molecular formula is C9H13ClN2. The molecular weight excluding hydrogens is 172 g/mol. The third-order valence-electron chi connectivity index (χ3n) is 2.07. The molecule has 1 aliphatic carbocycles. The molecule has 3 heteroatoms. The first kappa shape index (κ1) is 9.33. The average Bonchev–Trinajstić information content (AvgIpc) is 2.87. The van der Waals surface area contributed by atoms with Gasteiger partial charge >= 0.3 is 0 Å². The van der Waals surface area contributed by atoms with Crippen molar-refractivity contribution < 1.29 is 0 Å². The van der Waals surface area contributed by atoms with Crippen molar-refractivity contribution in [3.8, 4) is 0 Å². The third kappa shape index (κ3) is 1.89. The van der Waals surface area contributed by atoms with Crippen molar-refractivity contribution in [3.63, 3.8) is 0 Å². The number of hydrogen-bond donors (Lipinski definition) is 1. The Morgan fingerprint density at radius 1 is 1.50 bits per heavy atom. The van der Waals surface area contributed by atoms with Crippen molar-refractivity contribution in [2.24, 2.45) is 0 Å². The Labute approximate surface area is 78.8 Å². The van der Waals surface area contributed by atoms with Crippen molar-refractivity contribution >= 4 is 18.1 Å². The van der Waals surface area contributed by atoms with Crippen molar-refractivity contribution in [3.05, 3.63) is 24.0 Å². The van der Waals surface area contributed by atoms with Crippen LogP contribution in [0.1, 0.15) is 24.5 Å². The summed E-state index contributed by atoms with van der Waals surface area (Å²) in [6.45, 7) is 0. The summed E-state index contributed by atoms with van der Waals surface area (Å²) in [6.07, 6.45) is 4.51. The molecule has 1 fully saturated rings. The summed E-state index contributed by atoms with van der Waals surface area (Å²) in [7, 11) is 1.94. The normalized spacial score (nSPS) is 15.1. The van der Waals surface area contributed by atoms with E-state index in [9.17, 15) is 0 Å². The second-order valence-electron chi connectivity index (χ2n) is 2.99. The van der Waals surface area contributed by atoms with E-state index in [-0.39, 0.29) is 12.4 Å². The summed E-state index contributed by atoms with van der Waals surface area (Å²) >= 11 is 0. The number of nitrogens with one attached hydrogen (secondary N) is 1. The van der Waals surface area contributed by atoms with Crippen LogP contribution in [0.15, 0.2) is 18.3 Å². The smallest absolute Gasteiger partial charge is 0.0455 e. The van der Waals surface area contributed by atoms with Gasteiger partial charge < -0.3 is 5.32 Å². The zero-order valence-corrected chi connectivity index (χ0v) is 7.90. The molecule has 66 valence electrons. The maximum absolute atomic E-state index is 4.31. The summed E-state index contributed by atoms with van der Waals surface area (Å²) < 4.78 is 0. The predicted molar refractivity (Wildman–Crippen MR) is 53.0 cm³/mol. The van der Waals surface area contributed by atoms with E-state index in [1.807, 2.05) is 19.3 Å². The molecule has 1 N–H and O–H groups in total. The number of nitrogens with zero attached hydrogens (tertiary/aromatic N) is 1. The van der Waals surface area contributed by atoms with Crippen molar-refractivity contribution in [2.45, 2.75) is 18.8 Å². The van der Waals surface area contributed by atoms with Gasteiger partial charge in [-0.2, -0.15) is 0 Å². The minimum absolute atomic E-state index is 0. The average molecular weight is 185 g/mol. The highest BCUT2D eigenvalue weighted by molar-refractivity contribution is 5.85. The zero-order valence-electron chi connectivity index (χ0n) is 7.08. The Kier molecular flexibility index (Phi) is 2.93. The Morgan fingerprint density at radius 2 is 2.25 bits per heavy atom. The Balaban J connectivity index is 0.000000720. The van der Waals surface area contributed by atoms with Gasteiger partial charge in [-0.25, -0.2) is 0 Å². The summed E-state index contributed by atoms with van der Waals surface area (Å²) in [5, 5.41) is 3.11. The van der Waals surface area contributed by atoms with Gasteiger partial charge in [0.15, 0.2) is 0 Å². The van der Waals surface area contributed by atoms with Crippen LogP contribution in [0, 0.1) is 0 Å². The fraction of sp³-hybridized carbons (Fsp3) is 0.444. The van der Waals surface area contributed by atoms with E-state index in [1.54, 1.807) is 0 Å². The minimum atomic E-state index is 0. The van der Waals surface area contributed by atoms with Gasteiger partial charge in [-0.15, -0.1) is 12.4 Å². The highest BCUT2D eigenvalue weighted by atomic mass is 35.5. The molecule has 1 aromatic rings. The van der Waals surface area contributed by atoms with E-state index in [2.05, 4.69) is 16.4 Å². The fourth-order valence-corrected chi connectivity index (χ4v) is 1.21. The lowest BCUT2D eigenvalue weighted by molar-refractivity contribution is 1.02. The summed E-state index contributed by atoms with van der Waals surface area (Å²) in [4.78, 5) is 4.31. The third-order valence-corrected chi connectivity index (χ3v) is 2.07. The first-order chi connectivity index (χ1) is 5.40. The van der Waals surface area contributed by atoms with E-state index in [0.717, 1.165) is 5.92 Å². The van der Waals surface area contributed by atoms with E-state index >= 15 is 0 Å². The summed E-state index contributed by atoms with van der Waals surface area (Å²) in [5.41, 5.74) is 2.42. The van der Waals surface area contributed by atoms with Crippen LogP contribution in [-0.4, -0.2) is 12.0 Å². The number of hydrogen-bond acceptors (Lipinski definition) is 2. The van der Waals surface area contributed by atoms with Gasteiger partial charge in [0.2, 0.25) is 0 Å². The Hall–Kier alpha value is -0.760. The van der Waals surface area contributed by atoms with E-state index < -0.39 is 0 Å². The van der Waals surface area contributed by atoms with Gasteiger partial charge in [0.1, 0.15) is 0 Å². The second-order valence-corrected chi connectivity index (χ2v) is 2.99. The summed E-state index contributed by atoms with van der Waals surface area (Å²) in [5.74, 6) is 0.753. The molecule has 0 unspecified atom stereocenters. The molecule has 12 heavy (non-hydrogen) atoms. The highest BCUT2D eigenvalue weighted by Crippen LogP contribution is 2.39. The predicted octanol–water partition coefficient (Wildman–Crippen LogP) is 2.42. The van der Waals surface area contributed by atoms with Gasteiger partial charge in [-0.1, -0.05) is 0 Å². The first-order valence-electron chi connectivity index (χ1n) is 4.04. The molecule has 0 atom stereocenters. The van der Waals surface area contributed by atoms with Crippen LogP contribution < -0.4 is 5.32 Å². The van der Waals surface area contributed by atoms with Crippen LogP contribution in [0.4, 0.5) is 5.69 Å². The fourth-order valence-electron chi connectivity index (χ4n) is 1.21. The van der Waals surface area contributed by atoms with Crippen LogP contribution in [0.25, 0.3) is 0 Å². The van der Waals surface area contributed by atoms with Crippen molar-refractivity contribution in [1.29, 1.82) is 0 Å². The minimum Gasteiger partial charge on any atom is -0.388 e. The lowest BCUT2D eigenvalue weighted by Gasteiger charge is -2.01. The van der Waals surface area contributed by atoms with Crippen molar-refractivity contribution in [2.75, 3.05) is 12.4 Å². The monoisotopic (exact) mass is 184 g/mol. The number of anilines is 1. The van der Waals surface area contributed by atoms with Gasteiger partial charge in [0.25, 0.3) is 0 Å². The molecule has 2 nitrogen and oxygen atoms in total. The zero-order chi connectivity index (χ0) is 7.68. The number of rotatable bonds is 2. The van der Waals surface area contributed by atoms with E-state index in [1.165, 1.54) is 24.2 Å². The second kappa shape index (κ2) is 3.76. The molecule has 0 aromatic carbocycles. The maximum Gasteiger partial charge on any atom is 0.0455 e. The summed E-state index contributed by atoms with van der Waals surface area (Å²) in [6, 6.07) is 4.13. The van der Waals surface area contributed by atoms with Crippen LogP contribution >= 0.6 is 12.4 Å². The molecule has 0 saturated heterocycles. The van der Waals surface area contributed by atoms with Gasteiger partial charge in [0.05, 0.1) is 0 Å². The lowest BCUT2D eigenvalue weighted by Crippen LogP contribution is -1.91. The topological polar surface area (TPSA) is 24.9 Å². The quantitative estimate of drug-likeness (QED) is 0.764. The van der Waals surface area contributed by atoms with Gasteiger partial charge in [-0.3, -0.25) is 4.98 Å². The molecule has 0 spiro atoms. The number of pyridine rings is 1. The maximum atomic E-state index is 4.31. The molecule has 1 aliphatic rings. The van der Waals surface area contributed by atoms with Crippen LogP contribution in [-0.2, 0) is 0 Å². The van der Waals surface area contributed by atoms with Crippen molar-refractivity contribution in [1.82, 2.24) is 4.98 Å². The lowest BCUT2D eigenvalue weighted by atomic mass is 10.2. The SMILES string of the molecule is CNc1ccnc(C2CC2)c1.Cl. The van der Waals surface area contributed by atoms with Gasteiger partial charge in [-0.05, 0) is 25.0 Å². The van der Waals surface area contributed by atoms with Crippen LogP contribution in [0.3, 0.4) is 0 Å². The molecule has 0 aliphatic heterocycles. The number of aromatic nitrogens is 1. The molecule has 0 radical (unpaired) electrons. The molecule has 1 heterocycles. The Bertz CT molecular complexity index is 258. The largest absolute Gasteiger partial charge is 0.388 e. The first-order valence-corrected chi connectivity index (χ1v) is 4.04. The van der Waals surface area contributed by atoms with Gasteiger partial charge in [0, 0.05) is 30.5 Å². The standard InChI is InChI=1S/C9H12N2.ClH/c1-10-8-4-5-11-9(6-8)7-2-3-7;/h4-7H,2-3H2,1H3,(H,10,11);1H.